The lowest BCUT2D eigenvalue weighted by Crippen LogP contribution is -2.35. The minimum Gasteiger partial charge on any atom is -0.490 e. The maximum atomic E-state index is 15.7. The van der Waals surface area contributed by atoms with E-state index in [0.29, 0.717) is 29.1 Å². The summed E-state index contributed by atoms with van der Waals surface area (Å²) < 4.78 is 62.1. The zero-order valence-corrected chi connectivity index (χ0v) is 29.3. The lowest BCUT2D eigenvalue weighted by atomic mass is 9.93. The lowest BCUT2D eigenvalue weighted by Gasteiger charge is -2.34. The number of nitro benzene ring substituents is 1. The Morgan fingerprint density at radius 3 is 2.51 bits per heavy atom. The van der Waals surface area contributed by atoms with Gasteiger partial charge in [0.05, 0.1) is 26.6 Å². The molecule has 4 aromatic rings. The molecule has 5 rings (SSSR count). The molecule has 1 fully saturated rings. The monoisotopic (exact) mass is 716 g/mol. The maximum absolute atomic E-state index is 15.7. The van der Waals surface area contributed by atoms with Gasteiger partial charge in [-0.25, -0.2) is 22.8 Å². The van der Waals surface area contributed by atoms with Crippen LogP contribution >= 0.6 is 11.8 Å². The van der Waals surface area contributed by atoms with Crippen LogP contribution in [0.15, 0.2) is 57.4 Å². The quantitative estimate of drug-likeness (QED) is 0.0823. The predicted octanol–water partition coefficient (Wildman–Crippen LogP) is 6.13. The number of sulfone groups is 1. The van der Waals surface area contributed by atoms with Crippen molar-refractivity contribution in [1.82, 2.24) is 25.5 Å². The molecule has 0 unspecified atom stereocenters. The van der Waals surface area contributed by atoms with Crippen LogP contribution in [-0.2, 0) is 14.6 Å². The highest BCUT2D eigenvalue weighted by Gasteiger charge is 2.41. The molecule has 0 radical (unpaired) electrons. The fraction of sp³-hybridized carbons (Fsp3) is 0.406. The van der Waals surface area contributed by atoms with Crippen molar-refractivity contribution in [2.24, 2.45) is 5.92 Å². The second kappa shape index (κ2) is 14.6. The van der Waals surface area contributed by atoms with Gasteiger partial charge >= 0.3 is 5.69 Å². The topological polar surface area (TPSA) is 168 Å². The van der Waals surface area contributed by atoms with E-state index in [4.69, 9.17) is 9.72 Å². The van der Waals surface area contributed by atoms with Crippen molar-refractivity contribution in [1.29, 1.82) is 0 Å². The number of halogens is 2. The average molecular weight is 717 g/mol. The first-order chi connectivity index (χ1) is 23.3. The number of ether oxygens (including phenoxy) is 1. The lowest BCUT2D eigenvalue weighted by molar-refractivity contribution is -0.387. The number of H-pyrrole nitrogens is 1. The van der Waals surface area contributed by atoms with E-state index in [1.807, 2.05) is 14.0 Å². The maximum Gasteiger partial charge on any atom is 0.305 e. The number of aromatic amines is 1. The Balaban J connectivity index is 1.47. The number of hydrogen-bond donors (Lipinski definition) is 3. The van der Waals surface area contributed by atoms with Gasteiger partial charge in [-0.3, -0.25) is 15.2 Å². The van der Waals surface area contributed by atoms with E-state index < -0.39 is 47.3 Å². The molecule has 17 heteroatoms. The Labute approximate surface area is 287 Å². The standard InChI is InChI=1S/C32H38F2N8O5S2/c1-19-17-26(40-39-19)36-29-28(47-5)30(41-15-12-20(13-16-41)11-14-35-4)38-31(37-29)48-25-10-9-21(18-23(25)33)49(45,46)32(2,3)22-7-6-8-24(27(22)34)42(43)44/h6-10,17-18,20,35H,11-16H2,1-5H3,(H2,36,37,38,39,40). The second-order valence-corrected chi connectivity index (χ2v) is 15.7. The number of hydrogen-bond acceptors (Lipinski definition) is 12. The van der Waals surface area contributed by atoms with Gasteiger partial charge in [0, 0.05) is 36.5 Å². The van der Waals surface area contributed by atoms with Gasteiger partial charge in [-0.15, -0.1) is 0 Å². The highest BCUT2D eigenvalue weighted by atomic mass is 32.2. The van der Waals surface area contributed by atoms with E-state index in [2.05, 4.69) is 30.7 Å². The number of benzene rings is 2. The van der Waals surface area contributed by atoms with Gasteiger partial charge in [0.2, 0.25) is 11.6 Å². The van der Waals surface area contributed by atoms with Crippen LogP contribution in [0.3, 0.4) is 0 Å². The van der Waals surface area contributed by atoms with Crippen LogP contribution in [0.4, 0.5) is 31.9 Å². The average Bonchev–Trinajstić information content (AvgIpc) is 3.48. The normalized spacial score (nSPS) is 14.2. The van der Waals surface area contributed by atoms with E-state index in [9.17, 15) is 18.5 Å². The summed E-state index contributed by atoms with van der Waals surface area (Å²) in [5.74, 6) is 0.170. The first-order valence-corrected chi connectivity index (χ1v) is 17.9. The van der Waals surface area contributed by atoms with Crippen LogP contribution in [0.2, 0.25) is 0 Å². The Morgan fingerprint density at radius 2 is 1.90 bits per heavy atom. The molecule has 49 heavy (non-hydrogen) atoms. The molecule has 1 aliphatic rings. The molecule has 262 valence electrons. The molecule has 13 nitrogen and oxygen atoms in total. The summed E-state index contributed by atoms with van der Waals surface area (Å²) in [6.45, 7) is 6.69. The van der Waals surface area contributed by atoms with E-state index in [0.717, 1.165) is 68.5 Å². The molecule has 0 amide bonds. The van der Waals surface area contributed by atoms with Crippen molar-refractivity contribution in [3.05, 3.63) is 75.5 Å². The van der Waals surface area contributed by atoms with Crippen LogP contribution in [0.5, 0.6) is 5.75 Å². The van der Waals surface area contributed by atoms with Gasteiger partial charge in [0.25, 0.3) is 0 Å². The van der Waals surface area contributed by atoms with E-state index in [-0.39, 0.29) is 10.1 Å². The van der Waals surface area contributed by atoms with Gasteiger partial charge in [-0.1, -0.05) is 12.1 Å². The van der Waals surface area contributed by atoms with Gasteiger partial charge in [-0.2, -0.15) is 9.49 Å². The summed E-state index contributed by atoms with van der Waals surface area (Å²) in [4.78, 5) is 21.5. The Morgan fingerprint density at radius 1 is 1.16 bits per heavy atom. The number of nitrogens with one attached hydrogen (secondary N) is 3. The third-order valence-corrected chi connectivity index (χ3v) is 12.0. The van der Waals surface area contributed by atoms with E-state index in [1.165, 1.54) is 45.2 Å². The smallest absolute Gasteiger partial charge is 0.305 e. The Hall–Kier alpha value is -4.35. The first kappa shape index (κ1) is 35.9. The number of rotatable bonds is 13. The molecule has 3 heterocycles. The molecule has 1 aliphatic heterocycles. The summed E-state index contributed by atoms with van der Waals surface area (Å²) in [5.41, 5.74) is -0.438. The summed E-state index contributed by atoms with van der Waals surface area (Å²) >= 11 is 0.898. The summed E-state index contributed by atoms with van der Waals surface area (Å²) in [6, 6.07) is 8.47. The molecule has 0 saturated carbocycles. The fourth-order valence-corrected chi connectivity index (χ4v) is 8.03. The molecule has 3 N–H and O–H groups in total. The number of methoxy groups -OCH3 is 1. The van der Waals surface area contributed by atoms with E-state index in [1.54, 1.807) is 6.07 Å². The predicted molar refractivity (Wildman–Crippen MR) is 182 cm³/mol. The highest BCUT2D eigenvalue weighted by molar-refractivity contribution is 7.99. The van der Waals surface area contributed by atoms with Crippen molar-refractivity contribution in [2.75, 3.05) is 44.0 Å². The summed E-state index contributed by atoms with van der Waals surface area (Å²) in [5, 5.41) is 24.9. The molecule has 0 atom stereocenters. The minimum absolute atomic E-state index is 0.0433. The molecule has 2 aromatic carbocycles. The highest BCUT2D eigenvalue weighted by Crippen LogP contribution is 2.42. The van der Waals surface area contributed by atoms with Gasteiger partial charge in [-0.05, 0) is 89.5 Å². The van der Waals surface area contributed by atoms with Crippen molar-refractivity contribution in [3.8, 4) is 5.75 Å². The number of aromatic nitrogens is 4. The molecule has 2 aromatic heterocycles. The fourth-order valence-electron chi connectivity index (χ4n) is 5.73. The molecule has 0 bridgehead atoms. The number of nitro groups is 1. The summed E-state index contributed by atoms with van der Waals surface area (Å²) in [6.07, 6.45) is 2.99. The van der Waals surface area contributed by atoms with Crippen LogP contribution in [0.1, 0.15) is 44.4 Å². The van der Waals surface area contributed by atoms with Gasteiger partial charge < -0.3 is 20.3 Å². The Kier molecular flexibility index (Phi) is 10.7. The Bertz CT molecular complexity index is 1950. The second-order valence-electron chi connectivity index (χ2n) is 12.2. The molecular weight excluding hydrogens is 679 g/mol. The number of piperidine rings is 1. The third kappa shape index (κ3) is 7.47. The number of anilines is 3. The zero-order chi connectivity index (χ0) is 35.5. The third-order valence-electron chi connectivity index (χ3n) is 8.61. The zero-order valence-electron chi connectivity index (χ0n) is 27.7. The molecule has 0 aliphatic carbocycles. The van der Waals surface area contributed by atoms with Gasteiger partial charge in [0.1, 0.15) is 5.82 Å². The van der Waals surface area contributed by atoms with Crippen LogP contribution in [0, 0.1) is 34.6 Å². The first-order valence-electron chi connectivity index (χ1n) is 15.6. The van der Waals surface area contributed by atoms with Crippen molar-refractivity contribution in [2.45, 2.75) is 59.7 Å². The summed E-state index contributed by atoms with van der Waals surface area (Å²) in [7, 11) is -0.978. The SMILES string of the molecule is CNCCC1CCN(c2nc(Sc3ccc(S(=O)(=O)C(C)(C)c4cccc([N+](=O)[O-])c4F)cc3F)nc(Nc3cc(C)[nH]n3)c2OC)CC1. The van der Waals surface area contributed by atoms with Crippen LogP contribution < -0.4 is 20.3 Å². The largest absolute Gasteiger partial charge is 0.490 e. The van der Waals surface area contributed by atoms with E-state index >= 15 is 8.78 Å². The van der Waals surface area contributed by atoms with Crippen LogP contribution in [0.25, 0.3) is 0 Å². The molecule has 1 saturated heterocycles. The number of nitrogens with zero attached hydrogens (tertiary/aromatic N) is 5. The van der Waals surface area contributed by atoms with Gasteiger partial charge in [0.15, 0.2) is 32.4 Å². The van der Waals surface area contributed by atoms with Crippen molar-refractivity contribution in [3.63, 3.8) is 0 Å². The molecular formula is C32H38F2N8O5S2. The van der Waals surface area contributed by atoms with Crippen molar-refractivity contribution >= 4 is 44.7 Å². The van der Waals surface area contributed by atoms with Crippen molar-refractivity contribution < 1.29 is 26.9 Å². The minimum atomic E-state index is -4.44. The van der Waals surface area contributed by atoms with Crippen LogP contribution in [-0.4, -0.2) is 67.3 Å². The number of aryl methyl sites for hydroxylation is 1. The molecule has 0 spiro atoms.